The number of aliphatic hydroxyl groups is 1. The molecule has 2 aliphatic heterocycles. The monoisotopic (exact) mass is 558 g/mol. The Morgan fingerprint density at radius 2 is 1.95 bits per heavy atom. The van der Waals surface area contributed by atoms with Crippen molar-refractivity contribution in [3.63, 3.8) is 0 Å². The number of aliphatic hydroxyl groups excluding tert-OH is 1. The zero-order valence-corrected chi connectivity index (χ0v) is 23.5. The summed E-state index contributed by atoms with van der Waals surface area (Å²) in [5, 5.41) is 14.8. The fourth-order valence-electron chi connectivity index (χ4n) is 5.33. The van der Waals surface area contributed by atoms with Crippen LogP contribution >= 0.6 is 0 Å². The van der Waals surface area contributed by atoms with Crippen LogP contribution in [0.3, 0.4) is 0 Å². The van der Waals surface area contributed by atoms with E-state index in [1.54, 1.807) is 31.3 Å². The molecule has 2 atom stereocenters. The Bertz CT molecular complexity index is 1180. The van der Waals surface area contributed by atoms with Crippen LogP contribution in [-0.2, 0) is 4.79 Å². The summed E-state index contributed by atoms with van der Waals surface area (Å²) < 4.78 is 35.5. The van der Waals surface area contributed by atoms with Crippen LogP contribution in [0, 0.1) is 11.7 Å². The van der Waals surface area contributed by atoms with Gasteiger partial charge in [-0.1, -0.05) is 19.9 Å². The zero-order chi connectivity index (χ0) is 28.9. The quantitative estimate of drug-likeness (QED) is 0.381. The van der Waals surface area contributed by atoms with E-state index in [4.69, 9.17) is 4.74 Å². The van der Waals surface area contributed by atoms with Crippen LogP contribution < -0.4 is 15.4 Å². The lowest BCUT2D eigenvalue weighted by atomic mass is 9.94. The van der Waals surface area contributed by atoms with Gasteiger partial charge in [0.1, 0.15) is 17.2 Å². The molecular formula is C30H40F2N4O4. The fourth-order valence-corrected chi connectivity index (χ4v) is 5.33. The van der Waals surface area contributed by atoms with Crippen molar-refractivity contribution in [2.45, 2.75) is 70.2 Å². The zero-order valence-electron chi connectivity index (χ0n) is 23.5. The summed E-state index contributed by atoms with van der Waals surface area (Å²) in [5.41, 5.74) is -1.47. The largest absolute Gasteiger partial charge is 0.492 e. The van der Waals surface area contributed by atoms with E-state index in [1.807, 2.05) is 13.8 Å². The van der Waals surface area contributed by atoms with Crippen molar-refractivity contribution in [2.75, 3.05) is 32.8 Å². The van der Waals surface area contributed by atoms with Crippen LogP contribution in [0.2, 0.25) is 0 Å². The molecule has 2 aliphatic rings. The molecule has 2 amide bonds. The van der Waals surface area contributed by atoms with Crippen LogP contribution in [0.4, 0.5) is 8.78 Å². The van der Waals surface area contributed by atoms with Gasteiger partial charge in [-0.3, -0.25) is 19.9 Å². The second-order valence-corrected chi connectivity index (χ2v) is 11.3. The molecule has 8 nitrogen and oxygen atoms in total. The van der Waals surface area contributed by atoms with E-state index in [2.05, 4.69) is 20.5 Å². The van der Waals surface area contributed by atoms with Crippen LogP contribution in [0.1, 0.15) is 63.2 Å². The molecule has 3 heterocycles. The third kappa shape index (κ3) is 7.21. The third-order valence-corrected chi connectivity index (χ3v) is 8.31. The number of pyridine rings is 1. The second-order valence-electron chi connectivity index (χ2n) is 11.3. The Morgan fingerprint density at radius 3 is 2.52 bits per heavy atom. The van der Waals surface area contributed by atoms with E-state index in [0.717, 1.165) is 25.9 Å². The maximum atomic E-state index is 14.8. The lowest BCUT2D eigenvalue weighted by Gasteiger charge is -2.36. The highest BCUT2D eigenvalue weighted by Crippen LogP contribution is 2.27. The maximum Gasteiger partial charge on any atom is 0.260 e. The molecule has 3 N–H and O–H groups in total. The first-order valence-corrected chi connectivity index (χ1v) is 14.1. The number of hydrogen-bond donors (Lipinski definition) is 3. The first kappa shape index (κ1) is 30.0. The summed E-state index contributed by atoms with van der Waals surface area (Å²) in [6.45, 7) is 8.42. The van der Waals surface area contributed by atoms with Crippen molar-refractivity contribution in [3.05, 3.63) is 47.9 Å². The topological polar surface area (TPSA) is 104 Å². The lowest BCUT2D eigenvalue weighted by molar-refractivity contribution is -0.125. The number of alkyl halides is 1. The average molecular weight is 559 g/mol. The van der Waals surface area contributed by atoms with Crippen LogP contribution in [0.25, 0.3) is 11.3 Å². The minimum absolute atomic E-state index is 0.164. The van der Waals surface area contributed by atoms with Crippen molar-refractivity contribution in [1.82, 2.24) is 20.5 Å². The van der Waals surface area contributed by atoms with Gasteiger partial charge < -0.3 is 20.1 Å². The normalized spacial score (nSPS) is 22.3. The molecule has 0 aliphatic carbocycles. The number of rotatable bonds is 10. The number of piperidine rings is 1. The molecule has 2 fully saturated rings. The number of β-amino-alcohol motifs (C(OH)–C–C–N with tert-alkyl or cyclic N) is 1. The van der Waals surface area contributed by atoms with Crippen molar-refractivity contribution in [2.24, 2.45) is 5.92 Å². The molecule has 0 radical (unpaired) electrons. The number of halogens is 2. The molecule has 0 spiro atoms. The number of imide groups is 1. The molecule has 1 aromatic heterocycles. The lowest BCUT2D eigenvalue weighted by Crippen LogP contribution is -2.52. The van der Waals surface area contributed by atoms with Gasteiger partial charge >= 0.3 is 0 Å². The highest BCUT2D eigenvalue weighted by atomic mass is 19.1. The predicted octanol–water partition coefficient (Wildman–Crippen LogP) is 3.88. The number of nitrogens with one attached hydrogen (secondary N) is 2. The Balaban J connectivity index is 1.27. The molecule has 218 valence electrons. The van der Waals surface area contributed by atoms with E-state index >= 15 is 0 Å². The first-order valence-electron chi connectivity index (χ1n) is 14.1. The number of nitrogens with zero attached hydrogens (tertiary/aromatic N) is 2. The highest BCUT2D eigenvalue weighted by molar-refractivity contribution is 6.07. The SMILES string of the molecule is CCC(F)(CC)CN1CCC(COc2ccc(-c3ccc(C(=O)NC(=O)[C@]4(C)C[C@@H](O)CN4)c(F)c3)nc2)CC1. The van der Waals surface area contributed by atoms with Gasteiger partial charge in [0.25, 0.3) is 5.91 Å². The molecule has 4 rings (SSSR count). The number of amides is 2. The Kier molecular flexibility index (Phi) is 9.53. The second kappa shape index (κ2) is 12.7. The van der Waals surface area contributed by atoms with Gasteiger partial charge in [-0.15, -0.1) is 0 Å². The molecule has 2 saturated heterocycles. The van der Waals surface area contributed by atoms with Gasteiger partial charge in [-0.2, -0.15) is 0 Å². The summed E-state index contributed by atoms with van der Waals surface area (Å²) in [5.74, 6) is -1.23. The van der Waals surface area contributed by atoms with E-state index in [9.17, 15) is 23.5 Å². The number of likely N-dealkylation sites (tertiary alicyclic amines) is 1. The molecule has 1 aromatic carbocycles. The predicted molar refractivity (Wildman–Crippen MR) is 148 cm³/mol. The number of carbonyl (C=O) groups is 2. The van der Waals surface area contributed by atoms with Gasteiger partial charge in [0, 0.05) is 25.1 Å². The number of hydrogen-bond acceptors (Lipinski definition) is 7. The third-order valence-electron chi connectivity index (χ3n) is 8.31. The average Bonchev–Trinajstić information content (AvgIpc) is 3.32. The number of ether oxygens (including phenoxy) is 1. The van der Waals surface area contributed by atoms with Gasteiger partial charge in [-0.05, 0) is 75.9 Å². The van der Waals surface area contributed by atoms with E-state index < -0.39 is 34.9 Å². The number of aromatic nitrogens is 1. The molecule has 0 unspecified atom stereocenters. The van der Waals surface area contributed by atoms with E-state index in [0.29, 0.717) is 48.9 Å². The molecule has 10 heteroatoms. The maximum absolute atomic E-state index is 14.8. The molecule has 2 aromatic rings. The van der Waals surface area contributed by atoms with Crippen molar-refractivity contribution < 1.29 is 28.2 Å². The summed E-state index contributed by atoms with van der Waals surface area (Å²) in [6.07, 6.45) is 4.05. The van der Waals surface area contributed by atoms with E-state index in [1.165, 1.54) is 12.1 Å². The van der Waals surface area contributed by atoms with Gasteiger partial charge in [0.05, 0.1) is 35.7 Å². The highest BCUT2D eigenvalue weighted by Gasteiger charge is 2.41. The number of benzene rings is 1. The van der Waals surface area contributed by atoms with Gasteiger partial charge in [-0.25, -0.2) is 8.78 Å². The minimum Gasteiger partial charge on any atom is -0.492 e. The van der Waals surface area contributed by atoms with Crippen molar-refractivity contribution >= 4 is 11.8 Å². The summed E-state index contributed by atoms with van der Waals surface area (Å²) >= 11 is 0. The van der Waals surface area contributed by atoms with Crippen LogP contribution in [-0.4, -0.2) is 76.9 Å². The molecular weight excluding hydrogens is 518 g/mol. The summed E-state index contributed by atoms with van der Waals surface area (Å²) in [4.78, 5) is 31.6. The Hall–Kier alpha value is -2.95. The van der Waals surface area contributed by atoms with E-state index in [-0.39, 0.29) is 18.5 Å². The van der Waals surface area contributed by atoms with Crippen molar-refractivity contribution in [1.29, 1.82) is 0 Å². The van der Waals surface area contributed by atoms with Gasteiger partial charge in [0.2, 0.25) is 5.91 Å². The molecule has 40 heavy (non-hydrogen) atoms. The fraction of sp³-hybridized carbons (Fsp3) is 0.567. The van der Waals surface area contributed by atoms with Crippen LogP contribution in [0.5, 0.6) is 5.75 Å². The standard InChI is InChI=1S/C30H40F2N4O4/c1-4-30(32,5-2)19-36-12-10-20(11-13-36)18-40-23-7-9-26(33-17-23)21-6-8-24(25(31)14-21)27(38)35-28(39)29(3)15-22(37)16-34-29/h6-9,14,17,20,22,34,37H,4-5,10-13,15-16,18-19H2,1-3H3,(H,35,38,39)/t22-,29+/m1/s1. The van der Waals surface area contributed by atoms with Gasteiger partial charge in [0.15, 0.2) is 0 Å². The Labute approximate surface area is 234 Å². The number of carbonyl (C=O) groups excluding carboxylic acids is 2. The molecule has 0 saturated carbocycles. The first-order chi connectivity index (χ1) is 19.0. The summed E-state index contributed by atoms with van der Waals surface area (Å²) in [7, 11) is 0. The minimum atomic E-state index is -1.11. The summed E-state index contributed by atoms with van der Waals surface area (Å²) in [6, 6.07) is 7.60. The van der Waals surface area contributed by atoms with Crippen molar-refractivity contribution in [3.8, 4) is 17.0 Å². The smallest absolute Gasteiger partial charge is 0.260 e. The van der Waals surface area contributed by atoms with Crippen LogP contribution in [0.15, 0.2) is 36.5 Å². The molecule has 0 bridgehead atoms. The Morgan fingerprint density at radius 1 is 1.23 bits per heavy atom.